The van der Waals surface area contributed by atoms with Crippen LogP contribution in [0.25, 0.3) is 0 Å². The summed E-state index contributed by atoms with van der Waals surface area (Å²) in [5, 5.41) is -0.175. The van der Waals surface area contributed by atoms with Gasteiger partial charge in [0.1, 0.15) is 34.8 Å². The van der Waals surface area contributed by atoms with Crippen molar-refractivity contribution >= 4 is 11.6 Å². The molecule has 0 aliphatic carbocycles. The van der Waals surface area contributed by atoms with Gasteiger partial charge >= 0.3 is 0 Å². The highest BCUT2D eigenvalue weighted by molar-refractivity contribution is 6.31. The molecular formula is C19H13ClF3NO2. The fourth-order valence-electron chi connectivity index (χ4n) is 2.39. The molecule has 0 atom stereocenters. The first-order valence-corrected chi connectivity index (χ1v) is 8.02. The topological polar surface area (TPSA) is 31.2 Å². The van der Waals surface area contributed by atoms with Crippen LogP contribution in [0.1, 0.15) is 11.1 Å². The number of rotatable bonds is 5. The number of hydrogen-bond acceptors (Lipinski definition) is 2. The number of hydrogen-bond donors (Lipinski definition) is 0. The van der Waals surface area contributed by atoms with Crippen LogP contribution in [0.5, 0.6) is 5.75 Å². The van der Waals surface area contributed by atoms with Gasteiger partial charge in [-0.3, -0.25) is 4.79 Å². The molecule has 2 aromatic carbocycles. The van der Waals surface area contributed by atoms with Gasteiger partial charge < -0.3 is 9.30 Å². The average molecular weight is 380 g/mol. The van der Waals surface area contributed by atoms with Gasteiger partial charge in [-0.25, -0.2) is 13.2 Å². The number of pyridine rings is 1. The van der Waals surface area contributed by atoms with Gasteiger partial charge in [-0.05, 0) is 35.9 Å². The molecule has 7 heteroatoms. The molecular weight excluding hydrogens is 367 g/mol. The zero-order valence-corrected chi connectivity index (χ0v) is 14.1. The lowest BCUT2D eigenvalue weighted by atomic mass is 10.2. The maximum absolute atomic E-state index is 13.6. The van der Waals surface area contributed by atoms with E-state index in [1.54, 1.807) is 12.1 Å². The van der Waals surface area contributed by atoms with Crippen LogP contribution in [0.2, 0.25) is 5.02 Å². The van der Waals surface area contributed by atoms with E-state index in [9.17, 15) is 18.0 Å². The molecule has 0 unspecified atom stereocenters. The van der Waals surface area contributed by atoms with E-state index in [1.807, 2.05) is 0 Å². The summed E-state index contributed by atoms with van der Waals surface area (Å²) in [6, 6.07) is 10.4. The summed E-state index contributed by atoms with van der Waals surface area (Å²) in [7, 11) is 0. The molecule has 0 spiro atoms. The van der Waals surface area contributed by atoms with Gasteiger partial charge in [-0.1, -0.05) is 23.7 Å². The van der Waals surface area contributed by atoms with Gasteiger partial charge in [-0.15, -0.1) is 0 Å². The zero-order chi connectivity index (χ0) is 18.7. The molecule has 0 saturated carbocycles. The molecule has 1 aromatic heterocycles. The van der Waals surface area contributed by atoms with Gasteiger partial charge in [-0.2, -0.15) is 0 Å². The van der Waals surface area contributed by atoms with Crippen molar-refractivity contribution in [2.45, 2.75) is 13.2 Å². The van der Waals surface area contributed by atoms with Crippen molar-refractivity contribution in [3.8, 4) is 5.75 Å². The molecule has 0 fully saturated rings. The molecule has 0 saturated heterocycles. The van der Waals surface area contributed by atoms with Crippen LogP contribution < -0.4 is 10.3 Å². The summed E-state index contributed by atoms with van der Waals surface area (Å²) in [6.07, 6.45) is 1.45. The second-order valence-corrected chi connectivity index (χ2v) is 5.96. The van der Waals surface area contributed by atoms with E-state index in [0.717, 1.165) is 12.1 Å². The largest absolute Gasteiger partial charge is 0.487 e. The first-order chi connectivity index (χ1) is 12.4. The number of aromatic nitrogens is 1. The summed E-state index contributed by atoms with van der Waals surface area (Å²) in [5.74, 6) is -1.76. The molecule has 3 rings (SSSR count). The van der Waals surface area contributed by atoms with Crippen LogP contribution >= 0.6 is 11.6 Å². The van der Waals surface area contributed by atoms with Crippen molar-refractivity contribution in [1.29, 1.82) is 0 Å². The van der Waals surface area contributed by atoms with Crippen molar-refractivity contribution in [2.24, 2.45) is 0 Å². The Hall–Kier alpha value is -2.73. The first-order valence-electron chi connectivity index (χ1n) is 7.64. The van der Waals surface area contributed by atoms with Gasteiger partial charge in [0.15, 0.2) is 0 Å². The van der Waals surface area contributed by atoms with Crippen molar-refractivity contribution in [1.82, 2.24) is 4.57 Å². The molecule has 3 aromatic rings. The second kappa shape index (κ2) is 7.66. The van der Waals surface area contributed by atoms with Crippen molar-refractivity contribution in [2.75, 3.05) is 0 Å². The Balaban J connectivity index is 1.78. The van der Waals surface area contributed by atoms with Gasteiger partial charge in [0.25, 0.3) is 5.56 Å². The monoisotopic (exact) mass is 379 g/mol. The molecule has 0 bridgehead atoms. The molecule has 134 valence electrons. The maximum atomic E-state index is 13.6. The minimum absolute atomic E-state index is 0.0795. The van der Waals surface area contributed by atoms with Crippen molar-refractivity contribution < 1.29 is 17.9 Å². The molecule has 0 aliphatic rings. The van der Waals surface area contributed by atoms with E-state index in [2.05, 4.69) is 0 Å². The second-order valence-electron chi connectivity index (χ2n) is 5.58. The third-order valence-corrected chi connectivity index (χ3v) is 4.06. The first kappa shape index (κ1) is 18.1. The van der Waals surface area contributed by atoms with Crippen molar-refractivity contribution in [3.05, 3.63) is 98.7 Å². The standard InChI is InChI=1S/C19H13ClF3NO2/c20-18-17(26-11-13-4-5-15(22)9-16(13)23)6-7-24(19(18)25)10-12-2-1-3-14(21)8-12/h1-9H,10-11H2. The average Bonchev–Trinajstić information content (AvgIpc) is 2.60. The normalized spacial score (nSPS) is 10.8. The molecule has 0 amide bonds. The van der Waals surface area contributed by atoms with Crippen LogP contribution in [0.15, 0.2) is 59.5 Å². The van der Waals surface area contributed by atoms with Crippen LogP contribution in [-0.4, -0.2) is 4.57 Å². The summed E-state index contributed by atoms with van der Waals surface area (Å²) in [5.41, 5.74) is 0.213. The molecule has 1 heterocycles. The van der Waals surface area contributed by atoms with E-state index in [1.165, 1.54) is 35.0 Å². The van der Waals surface area contributed by atoms with Crippen LogP contribution in [0.3, 0.4) is 0 Å². The maximum Gasteiger partial charge on any atom is 0.273 e. The van der Waals surface area contributed by atoms with Crippen LogP contribution in [-0.2, 0) is 13.2 Å². The summed E-state index contributed by atoms with van der Waals surface area (Å²) in [4.78, 5) is 12.3. The Morgan fingerprint density at radius 3 is 2.50 bits per heavy atom. The van der Waals surface area contributed by atoms with E-state index >= 15 is 0 Å². The minimum Gasteiger partial charge on any atom is -0.487 e. The molecule has 26 heavy (non-hydrogen) atoms. The molecule has 0 radical (unpaired) electrons. The summed E-state index contributed by atoms with van der Waals surface area (Å²) < 4.78 is 46.5. The fraction of sp³-hybridized carbons (Fsp3) is 0.105. The lowest BCUT2D eigenvalue weighted by Crippen LogP contribution is -2.21. The Morgan fingerprint density at radius 2 is 1.77 bits per heavy atom. The van der Waals surface area contributed by atoms with E-state index in [0.29, 0.717) is 5.56 Å². The highest BCUT2D eigenvalue weighted by Gasteiger charge is 2.11. The quantitative estimate of drug-likeness (QED) is 0.651. The number of ether oxygens (including phenoxy) is 1. The van der Waals surface area contributed by atoms with Gasteiger partial charge in [0.2, 0.25) is 0 Å². The van der Waals surface area contributed by atoms with Crippen molar-refractivity contribution in [3.63, 3.8) is 0 Å². The predicted octanol–water partition coefficient (Wildman–Crippen LogP) is 4.55. The lowest BCUT2D eigenvalue weighted by molar-refractivity contribution is 0.298. The van der Waals surface area contributed by atoms with E-state index < -0.39 is 23.0 Å². The van der Waals surface area contributed by atoms with Gasteiger partial charge in [0, 0.05) is 17.8 Å². The molecule has 0 aliphatic heterocycles. The predicted molar refractivity (Wildman–Crippen MR) is 91.9 cm³/mol. The van der Waals surface area contributed by atoms with Gasteiger partial charge in [0.05, 0.1) is 6.54 Å². The Bertz CT molecular complexity index is 1000. The SMILES string of the molecule is O=c1c(Cl)c(OCc2ccc(F)cc2F)ccn1Cc1cccc(F)c1. The third kappa shape index (κ3) is 4.08. The summed E-state index contributed by atoms with van der Waals surface area (Å²) in [6.45, 7) is -0.0671. The smallest absolute Gasteiger partial charge is 0.273 e. The number of halogens is 4. The minimum atomic E-state index is -0.749. The summed E-state index contributed by atoms with van der Waals surface area (Å²) >= 11 is 6.04. The van der Waals surface area contributed by atoms with E-state index in [4.69, 9.17) is 16.3 Å². The highest BCUT2D eigenvalue weighted by Crippen LogP contribution is 2.22. The Labute approximate surface area is 152 Å². The fourth-order valence-corrected chi connectivity index (χ4v) is 2.62. The van der Waals surface area contributed by atoms with Crippen LogP contribution in [0, 0.1) is 17.5 Å². The number of nitrogens with zero attached hydrogens (tertiary/aromatic N) is 1. The lowest BCUT2D eigenvalue weighted by Gasteiger charge is -2.11. The van der Waals surface area contributed by atoms with Crippen LogP contribution in [0.4, 0.5) is 13.2 Å². The Morgan fingerprint density at radius 1 is 1.00 bits per heavy atom. The van der Waals surface area contributed by atoms with E-state index in [-0.39, 0.29) is 29.5 Å². The zero-order valence-electron chi connectivity index (χ0n) is 13.4. The third-order valence-electron chi connectivity index (χ3n) is 3.71. The molecule has 0 N–H and O–H groups in total. The number of benzene rings is 2. The Kier molecular flexibility index (Phi) is 5.32. The highest BCUT2D eigenvalue weighted by atomic mass is 35.5. The molecule has 3 nitrogen and oxygen atoms in total.